The Morgan fingerprint density at radius 1 is 1.16 bits per heavy atom. The predicted molar refractivity (Wildman–Crippen MR) is 133 cm³/mol. The highest BCUT2D eigenvalue weighted by Crippen LogP contribution is 2.34. The predicted octanol–water partition coefficient (Wildman–Crippen LogP) is 5.86. The van der Waals surface area contributed by atoms with Gasteiger partial charge in [0.1, 0.15) is 6.61 Å². The molecular weight excluding hydrogens is 527 g/mol. The lowest BCUT2D eigenvalue weighted by Crippen LogP contribution is -2.02. The molecule has 0 unspecified atom stereocenters. The zero-order valence-electron chi connectivity index (χ0n) is 17.0. The molecule has 6 nitrogen and oxygen atoms in total. The number of para-hydroxylation sites is 2. The first-order valence-electron chi connectivity index (χ1n) is 9.51. The van der Waals surface area contributed by atoms with Crippen molar-refractivity contribution in [1.29, 1.82) is 0 Å². The quantitative estimate of drug-likeness (QED) is 0.179. The van der Waals surface area contributed by atoms with E-state index in [9.17, 15) is 0 Å². The van der Waals surface area contributed by atoms with Crippen molar-refractivity contribution in [2.24, 2.45) is 12.1 Å². The van der Waals surface area contributed by atoms with Gasteiger partial charge in [-0.05, 0) is 58.5 Å². The van der Waals surface area contributed by atoms with Crippen LogP contribution in [0.3, 0.4) is 0 Å². The lowest BCUT2D eigenvalue weighted by atomic mass is 10.2. The Morgan fingerprint density at radius 2 is 1.94 bits per heavy atom. The van der Waals surface area contributed by atoms with Gasteiger partial charge in [0, 0.05) is 17.6 Å². The standard InChI is InChI=1S/C23H20ClIN4O2/c1-29-20-10-6-5-9-19(20)27-23(29)28-26-13-15-11-18(25)22(21(12-15)30-2)31-14-16-7-3-4-8-17(16)24/h3-13H,14H2,1-2H3,(H,27,28)/b26-13-. The summed E-state index contributed by atoms with van der Waals surface area (Å²) in [6, 6.07) is 19.4. The maximum atomic E-state index is 6.23. The number of imidazole rings is 1. The van der Waals surface area contributed by atoms with Crippen LogP contribution in [0.5, 0.6) is 11.5 Å². The summed E-state index contributed by atoms with van der Waals surface area (Å²) < 4.78 is 14.4. The van der Waals surface area contributed by atoms with Crippen LogP contribution in [0.25, 0.3) is 11.0 Å². The van der Waals surface area contributed by atoms with Crippen LogP contribution >= 0.6 is 34.2 Å². The summed E-state index contributed by atoms with van der Waals surface area (Å²) in [6.45, 7) is 0.355. The molecule has 1 N–H and O–H groups in total. The summed E-state index contributed by atoms with van der Waals surface area (Å²) in [4.78, 5) is 4.55. The van der Waals surface area contributed by atoms with Gasteiger partial charge in [-0.2, -0.15) is 5.10 Å². The van der Waals surface area contributed by atoms with Crippen molar-refractivity contribution in [3.05, 3.63) is 80.4 Å². The minimum absolute atomic E-state index is 0.355. The number of anilines is 1. The molecule has 0 aliphatic carbocycles. The summed E-state index contributed by atoms with van der Waals surface area (Å²) >= 11 is 8.46. The van der Waals surface area contributed by atoms with Gasteiger partial charge in [-0.15, -0.1) is 0 Å². The molecule has 158 valence electrons. The molecule has 1 aromatic heterocycles. The fourth-order valence-electron chi connectivity index (χ4n) is 3.13. The van der Waals surface area contributed by atoms with Gasteiger partial charge in [0.05, 0.1) is 27.9 Å². The van der Waals surface area contributed by atoms with Gasteiger partial charge in [-0.25, -0.2) is 10.4 Å². The Balaban J connectivity index is 1.50. The van der Waals surface area contributed by atoms with Gasteiger partial charge in [-0.1, -0.05) is 41.9 Å². The van der Waals surface area contributed by atoms with Crippen molar-refractivity contribution >= 4 is 57.4 Å². The molecule has 3 aromatic carbocycles. The van der Waals surface area contributed by atoms with Crippen LogP contribution in [-0.2, 0) is 13.7 Å². The van der Waals surface area contributed by atoms with Crippen molar-refractivity contribution in [2.45, 2.75) is 6.61 Å². The molecule has 0 amide bonds. The number of aryl methyl sites for hydroxylation is 1. The Morgan fingerprint density at radius 3 is 2.71 bits per heavy atom. The molecule has 8 heteroatoms. The van der Waals surface area contributed by atoms with Gasteiger partial charge >= 0.3 is 0 Å². The van der Waals surface area contributed by atoms with E-state index in [-0.39, 0.29) is 0 Å². The van der Waals surface area contributed by atoms with Crippen LogP contribution in [0.4, 0.5) is 5.95 Å². The molecule has 0 saturated heterocycles. The molecule has 1 heterocycles. The molecule has 4 aromatic rings. The van der Waals surface area contributed by atoms with Gasteiger partial charge in [0.2, 0.25) is 5.95 Å². The second-order valence-corrected chi connectivity index (χ2v) is 8.34. The topological polar surface area (TPSA) is 60.7 Å². The number of hydrazone groups is 1. The Labute approximate surface area is 199 Å². The molecule has 0 aliphatic heterocycles. The lowest BCUT2D eigenvalue weighted by Gasteiger charge is -2.14. The van der Waals surface area contributed by atoms with E-state index >= 15 is 0 Å². The minimum atomic E-state index is 0.355. The number of methoxy groups -OCH3 is 1. The number of hydrogen-bond donors (Lipinski definition) is 1. The highest BCUT2D eigenvalue weighted by molar-refractivity contribution is 14.1. The van der Waals surface area contributed by atoms with Crippen molar-refractivity contribution in [3.8, 4) is 11.5 Å². The average Bonchev–Trinajstić information content (AvgIpc) is 3.09. The van der Waals surface area contributed by atoms with E-state index in [2.05, 4.69) is 38.1 Å². The van der Waals surface area contributed by atoms with Crippen molar-refractivity contribution in [2.75, 3.05) is 12.5 Å². The van der Waals surface area contributed by atoms with E-state index in [0.717, 1.165) is 25.7 Å². The van der Waals surface area contributed by atoms with E-state index in [1.807, 2.05) is 72.3 Å². The molecule has 0 aliphatic rings. The molecule has 0 fully saturated rings. The molecule has 31 heavy (non-hydrogen) atoms. The Bertz CT molecular complexity index is 1260. The fourth-order valence-corrected chi connectivity index (χ4v) is 4.10. The van der Waals surface area contributed by atoms with Crippen LogP contribution in [0, 0.1) is 3.57 Å². The number of hydrogen-bond acceptors (Lipinski definition) is 5. The van der Waals surface area contributed by atoms with Crippen LogP contribution in [-0.4, -0.2) is 22.9 Å². The lowest BCUT2D eigenvalue weighted by molar-refractivity contribution is 0.282. The largest absolute Gasteiger partial charge is 0.493 e. The summed E-state index contributed by atoms with van der Waals surface area (Å²) in [5, 5.41) is 5.02. The molecule has 0 spiro atoms. The van der Waals surface area contributed by atoms with Crippen molar-refractivity contribution in [3.63, 3.8) is 0 Å². The van der Waals surface area contributed by atoms with Crippen molar-refractivity contribution in [1.82, 2.24) is 9.55 Å². The van der Waals surface area contributed by atoms with Gasteiger partial charge in [0.25, 0.3) is 0 Å². The number of halogens is 2. The van der Waals surface area contributed by atoms with Crippen molar-refractivity contribution < 1.29 is 9.47 Å². The monoisotopic (exact) mass is 546 g/mol. The number of rotatable bonds is 7. The average molecular weight is 547 g/mol. The zero-order valence-corrected chi connectivity index (χ0v) is 19.9. The normalized spacial score (nSPS) is 11.2. The number of nitrogens with one attached hydrogen (secondary N) is 1. The van der Waals surface area contributed by atoms with Gasteiger partial charge in [-0.3, -0.25) is 0 Å². The number of aromatic nitrogens is 2. The SMILES string of the molecule is COc1cc(/C=N\Nc2nc3ccccc3n2C)cc(I)c1OCc1ccccc1Cl. The third-order valence-corrected chi connectivity index (χ3v) is 5.92. The third-order valence-electron chi connectivity index (χ3n) is 4.75. The minimum Gasteiger partial charge on any atom is -0.493 e. The van der Waals surface area contributed by atoms with Gasteiger partial charge < -0.3 is 14.0 Å². The first kappa shape index (κ1) is 21.5. The molecular formula is C23H20ClIN4O2. The highest BCUT2D eigenvalue weighted by Gasteiger charge is 2.12. The van der Waals surface area contributed by atoms with E-state index in [1.165, 1.54) is 0 Å². The molecule has 0 radical (unpaired) electrons. The Hall–Kier alpha value is -2.78. The first-order chi connectivity index (χ1) is 15.1. The molecule has 4 rings (SSSR count). The molecule has 0 bridgehead atoms. The summed E-state index contributed by atoms with van der Waals surface area (Å²) in [5.74, 6) is 1.96. The molecule has 0 atom stereocenters. The summed E-state index contributed by atoms with van der Waals surface area (Å²) in [7, 11) is 3.57. The number of benzene rings is 3. The second-order valence-electron chi connectivity index (χ2n) is 6.77. The highest BCUT2D eigenvalue weighted by atomic mass is 127. The van der Waals surface area contributed by atoms with E-state index in [0.29, 0.717) is 29.1 Å². The summed E-state index contributed by atoms with van der Waals surface area (Å²) in [5.41, 5.74) is 6.75. The van der Waals surface area contributed by atoms with E-state index < -0.39 is 0 Å². The fraction of sp³-hybridized carbons (Fsp3) is 0.130. The second kappa shape index (κ2) is 9.57. The van der Waals surface area contributed by atoms with E-state index in [1.54, 1.807) is 13.3 Å². The van der Waals surface area contributed by atoms with Crippen LogP contribution in [0.2, 0.25) is 5.02 Å². The molecule has 0 saturated carbocycles. The Kier molecular flexibility index (Phi) is 6.62. The van der Waals surface area contributed by atoms with Gasteiger partial charge in [0.15, 0.2) is 11.5 Å². The number of nitrogens with zero attached hydrogens (tertiary/aromatic N) is 3. The smallest absolute Gasteiger partial charge is 0.224 e. The third kappa shape index (κ3) is 4.77. The zero-order chi connectivity index (χ0) is 21.8. The van der Waals surface area contributed by atoms with Crippen LogP contribution < -0.4 is 14.9 Å². The number of ether oxygens (including phenoxy) is 2. The number of fused-ring (bicyclic) bond motifs is 1. The first-order valence-corrected chi connectivity index (χ1v) is 11.0. The summed E-state index contributed by atoms with van der Waals surface area (Å²) in [6.07, 6.45) is 1.72. The van der Waals surface area contributed by atoms with Crippen LogP contribution in [0.1, 0.15) is 11.1 Å². The van der Waals surface area contributed by atoms with Crippen LogP contribution in [0.15, 0.2) is 65.8 Å². The maximum absolute atomic E-state index is 6.23. The van der Waals surface area contributed by atoms with E-state index in [4.69, 9.17) is 21.1 Å². The maximum Gasteiger partial charge on any atom is 0.224 e.